The van der Waals surface area contributed by atoms with Gasteiger partial charge in [0, 0.05) is 56.2 Å². The third-order valence-electron chi connectivity index (χ3n) is 15.6. The van der Waals surface area contributed by atoms with Crippen LogP contribution < -0.4 is 14.5 Å². The Morgan fingerprint density at radius 3 is 1.50 bits per heavy atom. The molecule has 1 N–H and O–H groups in total. The summed E-state index contributed by atoms with van der Waals surface area (Å²) in [6.45, 7) is 0. The number of hydrogen-bond acceptors (Lipinski definition) is 3. The number of nitrogens with zero attached hydrogens (tertiary/aromatic N) is 2. The first kappa shape index (κ1) is 40.5. The fraction of sp³-hybridized carbons (Fsp3) is 0.0294. The highest BCUT2D eigenvalue weighted by molar-refractivity contribution is 6.21. The van der Waals surface area contributed by atoms with Gasteiger partial charge in [0.25, 0.3) is 0 Å². The average molecular weight is 920 g/mol. The summed E-state index contributed by atoms with van der Waals surface area (Å²) in [5.74, 6) is 0.811. The zero-order chi connectivity index (χ0) is 47.5. The Morgan fingerprint density at radius 2 is 0.875 bits per heavy atom. The van der Waals surface area contributed by atoms with Crippen LogP contribution in [-0.2, 0) is 5.41 Å². The van der Waals surface area contributed by atoms with Crippen molar-refractivity contribution in [3.05, 3.63) is 271 Å². The highest BCUT2D eigenvalue weighted by Gasteiger charge is 2.51. The van der Waals surface area contributed by atoms with E-state index in [-0.39, 0.29) is 0 Å². The predicted molar refractivity (Wildman–Crippen MR) is 298 cm³/mol. The summed E-state index contributed by atoms with van der Waals surface area (Å²) in [5, 5.41) is 3.80. The van der Waals surface area contributed by atoms with Gasteiger partial charge in [-0.1, -0.05) is 158 Å². The number of anilines is 6. The van der Waals surface area contributed by atoms with Crippen LogP contribution in [0.25, 0.3) is 77.4 Å². The second kappa shape index (κ2) is 15.6. The third kappa shape index (κ3) is 5.75. The van der Waals surface area contributed by atoms with Crippen molar-refractivity contribution >= 4 is 55.8 Å². The van der Waals surface area contributed by atoms with Gasteiger partial charge in [0.05, 0.1) is 18.2 Å². The molecule has 72 heavy (non-hydrogen) atoms. The number of aromatic amines is 1. The Morgan fingerprint density at radius 1 is 0.361 bits per heavy atom. The number of hydrogen-bond donors (Lipinski definition) is 1. The van der Waals surface area contributed by atoms with E-state index in [9.17, 15) is 0 Å². The molecule has 0 aliphatic heterocycles. The molecule has 338 valence electrons. The summed E-state index contributed by atoms with van der Waals surface area (Å²) < 4.78 is 5.68. The Hall–Kier alpha value is -9.38. The predicted octanol–water partition coefficient (Wildman–Crippen LogP) is 17.9. The van der Waals surface area contributed by atoms with E-state index in [4.69, 9.17) is 4.74 Å². The number of benzene rings is 11. The maximum absolute atomic E-state index is 5.68. The van der Waals surface area contributed by atoms with Gasteiger partial charge in [-0.2, -0.15) is 0 Å². The van der Waals surface area contributed by atoms with Crippen LogP contribution >= 0.6 is 0 Å². The summed E-state index contributed by atoms with van der Waals surface area (Å²) in [6.07, 6.45) is 0. The quantitative estimate of drug-likeness (QED) is 0.165. The molecule has 12 aromatic rings. The highest BCUT2D eigenvalue weighted by Crippen LogP contribution is 2.63. The van der Waals surface area contributed by atoms with Crippen molar-refractivity contribution < 1.29 is 4.74 Å². The van der Waals surface area contributed by atoms with Crippen molar-refractivity contribution in [1.29, 1.82) is 0 Å². The van der Waals surface area contributed by atoms with Crippen molar-refractivity contribution in [1.82, 2.24) is 4.98 Å². The molecule has 1 spiro atoms. The molecule has 1 aromatic heterocycles. The molecule has 0 saturated heterocycles. The van der Waals surface area contributed by atoms with Crippen molar-refractivity contribution in [3.63, 3.8) is 0 Å². The fourth-order valence-corrected chi connectivity index (χ4v) is 12.6. The van der Waals surface area contributed by atoms with Crippen molar-refractivity contribution in [2.24, 2.45) is 0 Å². The van der Waals surface area contributed by atoms with E-state index in [2.05, 4.69) is 251 Å². The Balaban J connectivity index is 0.971. The fourth-order valence-electron chi connectivity index (χ4n) is 12.6. The molecule has 0 atom stereocenters. The molecule has 0 saturated carbocycles. The van der Waals surface area contributed by atoms with Crippen LogP contribution in [0.5, 0.6) is 5.75 Å². The molecule has 3 aliphatic rings. The number of aromatic nitrogens is 1. The molecular weight excluding hydrogens is 875 g/mol. The first-order valence-electron chi connectivity index (χ1n) is 24.8. The standard InChI is InChI=1S/C68H45N3O/c1-72-52-34-31-48(32-35-52)70(46-18-4-2-5-19-46)50-38-45(44-30-37-64-59(40-44)66-56-25-14-16-43-17-15-26-57(65(43)56)67(66)69-64)39-51(41-50)71(47-20-6-3-7-21-47)49-33-36-63-58(42-49)55-24-10-13-29-62(55)68(63)60-27-11-8-22-53(60)54-23-9-12-28-61(54)68/h2-42,69H,1H3. The summed E-state index contributed by atoms with van der Waals surface area (Å²) >= 11 is 0. The molecule has 0 amide bonds. The van der Waals surface area contributed by atoms with E-state index in [0.29, 0.717) is 0 Å². The van der Waals surface area contributed by atoms with Gasteiger partial charge in [-0.05, 0) is 163 Å². The normalized spacial score (nSPS) is 12.9. The maximum atomic E-state index is 5.68. The molecule has 0 radical (unpaired) electrons. The van der Waals surface area contributed by atoms with Gasteiger partial charge >= 0.3 is 0 Å². The van der Waals surface area contributed by atoms with Crippen molar-refractivity contribution in [2.75, 3.05) is 16.9 Å². The summed E-state index contributed by atoms with van der Waals surface area (Å²) in [4.78, 5) is 8.65. The minimum atomic E-state index is -0.430. The monoisotopic (exact) mass is 919 g/mol. The molecule has 0 bridgehead atoms. The topological polar surface area (TPSA) is 31.5 Å². The molecule has 3 aliphatic carbocycles. The van der Waals surface area contributed by atoms with Crippen LogP contribution in [0, 0.1) is 0 Å². The second-order valence-corrected chi connectivity index (χ2v) is 19.2. The molecule has 15 rings (SSSR count). The third-order valence-corrected chi connectivity index (χ3v) is 15.6. The lowest BCUT2D eigenvalue weighted by Gasteiger charge is -2.32. The van der Waals surface area contributed by atoms with E-state index in [0.717, 1.165) is 56.5 Å². The van der Waals surface area contributed by atoms with Gasteiger partial charge in [0.1, 0.15) is 5.75 Å². The van der Waals surface area contributed by atoms with Gasteiger partial charge in [0.15, 0.2) is 0 Å². The van der Waals surface area contributed by atoms with E-state index in [1.165, 1.54) is 83.1 Å². The molecule has 0 fully saturated rings. The molecule has 0 unspecified atom stereocenters. The lowest BCUT2D eigenvalue weighted by atomic mass is 9.70. The zero-order valence-corrected chi connectivity index (χ0v) is 39.5. The molecule has 4 heteroatoms. The number of nitrogens with one attached hydrogen (secondary N) is 1. The smallest absolute Gasteiger partial charge is 0.119 e. The largest absolute Gasteiger partial charge is 0.497 e. The zero-order valence-electron chi connectivity index (χ0n) is 39.5. The lowest BCUT2D eigenvalue weighted by molar-refractivity contribution is 0.415. The summed E-state index contributed by atoms with van der Waals surface area (Å²) in [5.41, 5.74) is 24.7. The van der Waals surface area contributed by atoms with E-state index in [1.54, 1.807) is 7.11 Å². The van der Waals surface area contributed by atoms with Crippen LogP contribution in [0.1, 0.15) is 22.3 Å². The van der Waals surface area contributed by atoms with Crippen LogP contribution in [0.3, 0.4) is 0 Å². The SMILES string of the molecule is COc1ccc(N(c2ccccc2)c2cc(-c3ccc4[nH]c5c(c4c3)-c3cccc4cccc-5c34)cc(N(c3ccccc3)c3ccc4c(c3)-c3ccccc3C43c4ccccc4-c4ccccc43)c2)cc1. The number of rotatable bonds is 8. The lowest BCUT2D eigenvalue weighted by Crippen LogP contribution is -2.25. The molecule has 4 nitrogen and oxygen atoms in total. The van der Waals surface area contributed by atoms with Gasteiger partial charge < -0.3 is 19.5 Å². The Bertz CT molecular complexity index is 4100. The molecule has 11 aromatic carbocycles. The van der Waals surface area contributed by atoms with Crippen molar-refractivity contribution in [3.8, 4) is 61.5 Å². The number of methoxy groups -OCH3 is 1. The van der Waals surface area contributed by atoms with Crippen molar-refractivity contribution in [2.45, 2.75) is 5.41 Å². The van der Waals surface area contributed by atoms with Crippen LogP contribution in [0.4, 0.5) is 34.1 Å². The van der Waals surface area contributed by atoms with E-state index < -0.39 is 5.41 Å². The number of para-hydroxylation sites is 2. The van der Waals surface area contributed by atoms with Gasteiger partial charge in [0.2, 0.25) is 0 Å². The van der Waals surface area contributed by atoms with Crippen LogP contribution in [0.2, 0.25) is 0 Å². The second-order valence-electron chi connectivity index (χ2n) is 19.2. The molecule has 1 heterocycles. The van der Waals surface area contributed by atoms with E-state index >= 15 is 0 Å². The first-order valence-corrected chi connectivity index (χ1v) is 24.8. The Labute approximate surface area is 418 Å². The summed E-state index contributed by atoms with van der Waals surface area (Å²) in [7, 11) is 1.72. The van der Waals surface area contributed by atoms with Gasteiger partial charge in [-0.25, -0.2) is 0 Å². The highest BCUT2D eigenvalue weighted by atomic mass is 16.5. The summed E-state index contributed by atoms with van der Waals surface area (Å²) in [6, 6.07) is 91.6. The van der Waals surface area contributed by atoms with Crippen LogP contribution in [0.15, 0.2) is 249 Å². The number of fused-ring (bicyclic) bond motifs is 15. The van der Waals surface area contributed by atoms with Crippen LogP contribution in [-0.4, -0.2) is 12.1 Å². The number of ether oxygens (including phenoxy) is 1. The minimum absolute atomic E-state index is 0.430. The first-order chi connectivity index (χ1) is 35.7. The number of H-pyrrole nitrogens is 1. The van der Waals surface area contributed by atoms with E-state index in [1.807, 2.05) is 12.1 Å². The van der Waals surface area contributed by atoms with Gasteiger partial charge in [-0.3, -0.25) is 0 Å². The maximum Gasteiger partial charge on any atom is 0.119 e. The minimum Gasteiger partial charge on any atom is -0.497 e. The Kier molecular flexibility index (Phi) is 8.75. The van der Waals surface area contributed by atoms with Gasteiger partial charge in [-0.15, -0.1) is 0 Å². The average Bonchev–Trinajstić information content (AvgIpc) is 4.17. The molecular formula is C68H45N3O.